The third kappa shape index (κ3) is 4.15. The first-order valence-corrected chi connectivity index (χ1v) is 9.33. The molecule has 1 unspecified atom stereocenters. The predicted octanol–water partition coefficient (Wildman–Crippen LogP) is 4.23. The Morgan fingerprint density at radius 3 is 2.41 bits per heavy atom. The van der Waals surface area contributed by atoms with E-state index in [1.165, 1.54) is 13.1 Å². The van der Waals surface area contributed by atoms with Crippen molar-refractivity contribution in [1.29, 1.82) is 0 Å². The van der Waals surface area contributed by atoms with Crippen LogP contribution in [0.4, 0.5) is 18.9 Å². The van der Waals surface area contributed by atoms with Gasteiger partial charge in [-0.15, -0.1) is 0 Å². The number of esters is 1. The first-order chi connectivity index (χ1) is 13.8. The lowest BCUT2D eigenvalue weighted by Crippen LogP contribution is -2.54. The number of hydrogen-bond acceptors (Lipinski definition) is 4. The highest BCUT2D eigenvalue weighted by Gasteiger charge is 2.63. The summed E-state index contributed by atoms with van der Waals surface area (Å²) in [5, 5.41) is 10.3. The maximum Gasteiger partial charge on any atom is 0.432 e. The normalized spacial score (nSPS) is 16.3. The Kier molecular flexibility index (Phi) is 5.98. The number of hydrogen-bond donors (Lipinski definition) is 1. The van der Waals surface area contributed by atoms with Crippen LogP contribution in [0.3, 0.4) is 0 Å². The first kappa shape index (κ1) is 20.9. The minimum Gasteiger partial charge on any atom is -0.463 e. The topological polar surface area (TPSA) is 49.8 Å². The molecule has 0 spiro atoms. The van der Waals surface area contributed by atoms with Crippen molar-refractivity contribution in [3.05, 3.63) is 77.5 Å². The van der Waals surface area contributed by atoms with Gasteiger partial charge in [0.2, 0.25) is 0 Å². The molecule has 2 aromatic rings. The van der Waals surface area contributed by atoms with Crippen molar-refractivity contribution in [2.24, 2.45) is 0 Å². The molecule has 1 heterocycles. The number of aliphatic hydroxyl groups is 1. The minimum atomic E-state index is -5.18. The van der Waals surface area contributed by atoms with Gasteiger partial charge in [-0.05, 0) is 42.5 Å². The molecule has 0 saturated carbocycles. The van der Waals surface area contributed by atoms with Gasteiger partial charge in [-0.3, -0.25) is 0 Å². The Morgan fingerprint density at radius 2 is 1.76 bits per heavy atom. The molecule has 4 nitrogen and oxygen atoms in total. The fraction of sp³-hybridized carbons (Fsp3) is 0.318. The van der Waals surface area contributed by atoms with Crippen LogP contribution >= 0.6 is 0 Å². The fourth-order valence-corrected chi connectivity index (χ4v) is 3.44. The molecular weight excluding hydrogens is 383 g/mol. The SMILES string of the molecule is CCOC(=O)C(O)(C1=CN(c2ccccc2Cc2ccccc2)CC1)C(F)(F)F. The van der Waals surface area contributed by atoms with Crippen LogP contribution in [0.5, 0.6) is 0 Å². The van der Waals surface area contributed by atoms with Crippen molar-refractivity contribution < 1.29 is 27.8 Å². The van der Waals surface area contributed by atoms with Gasteiger partial charge in [-0.1, -0.05) is 48.5 Å². The second-order valence-corrected chi connectivity index (χ2v) is 6.82. The smallest absolute Gasteiger partial charge is 0.432 e. The molecule has 7 heteroatoms. The number of alkyl halides is 3. The summed E-state index contributed by atoms with van der Waals surface area (Å²) in [5.74, 6) is -1.70. The molecule has 1 aliphatic heterocycles. The number of benzene rings is 2. The van der Waals surface area contributed by atoms with Gasteiger partial charge in [0.05, 0.1) is 6.61 Å². The highest BCUT2D eigenvalue weighted by molar-refractivity contribution is 5.85. The van der Waals surface area contributed by atoms with Crippen molar-refractivity contribution in [2.45, 2.75) is 31.5 Å². The maximum absolute atomic E-state index is 13.6. The second kappa shape index (κ2) is 8.29. The van der Waals surface area contributed by atoms with Crippen LogP contribution < -0.4 is 4.90 Å². The summed E-state index contributed by atoms with van der Waals surface area (Å²) in [7, 11) is 0. The minimum absolute atomic E-state index is 0.103. The quantitative estimate of drug-likeness (QED) is 0.731. The lowest BCUT2D eigenvalue weighted by molar-refractivity contribution is -0.249. The summed E-state index contributed by atoms with van der Waals surface area (Å²) < 4.78 is 45.4. The summed E-state index contributed by atoms with van der Waals surface area (Å²) in [4.78, 5) is 13.6. The van der Waals surface area contributed by atoms with Crippen LogP contribution in [0.25, 0.3) is 0 Å². The van der Waals surface area contributed by atoms with E-state index in [9.17, 15) is 23.1 Å². The van der Waals surface area contributed by atoms with E-state index >= 15 is 0 Å². The molecule has 0 saturated heterocycles. The number of para-hydroxylation sites is 1. The van der Waals surface area contributed by atoms with E-state index in [1.807, 2.05) is 48.5 Å². The van der Waals surface area contributed by atoms with E-state index in [2.05, 4.69) is 4.74 Å². The number of ether oxygens (including phenoxy) is 1. The second-order valence-electron chi connectivity index (χ2n) is 6.82. The average Bonchev–Trinajstić information content (AvgIpc) is 3.18. The standard InChI is InChI=1S/C22H22F3NO3/c1-2-29-20(27)21(28,22(23,24)25)18-12-13-26(15-18)19-11-7-6-10-17(19)14-16-8-4-3-5-9-16/h3-11,15,28H,2,12-14H2,1H3. The van der Waals surface area contributed by atoms with Gasteiger partial charge in [0.1, 0.15) is 0 Å². The maximum atomic E-state index is 13.6. The van der Waals surface area contributed by atoms with Crippen LogP contribution in [-0.4, -0.2) is 36.0 Å². The molecule has 1 aliphatic rings. The zero-order valence-corrected chi connectivity index (χ0v) is 15.9. The van der Waals surface area contributed by atoms with E-state index < -0.39 is 23.3 Å². The van der Waals surface area contributed by atoms with Gasteiger partial charge in [0, 0.05) is 18.4 Å². The summed E-state index contributed by atoms with van der Waals surface area (Å²) in [6.07, 6.45) is -3.45. The number of halogens is 3. The largest absolute Gasteiger partial charge is 0.463 e. The molecule has 0 radical (unpaired) electrons. The van der Waals surface area contributed by atoms with Gasteiger partial charge < -0.3 is 14.7 Å². The van der Waals surface area contributed by atoms with Crippen molar-refractivity contribution in [2.75, 3.05) is 18.1 Å². The fourth-order valence-electron chi connectivity index (χ4n) is 3.44. The molecule has 29 heavy (non-hydrogen) atoms. The molecule has 1 N–H and O–H groups in total. The van der Waals surface area contributed by atoms with Crippen LogP contribution in [0.2, 0.25) is 0 Å². The van der Waals surface area contributed by atoms with Crippen molar-refractivity contribution in [3.63, 3.8) is 0 Å². The molecule has 0 bridgehead atoms. The van der Waals surface area contributed by atoms with Crippen LogP contribution in [0.1, 0.15) is 24.5 Å². The van der Waals surface area contributed by atoms with E-state index in [1.54, 1.807) is 11.0 Å². The van der Waals surface area contributed by atoms with Crippen molar-refractivity contribution >= 4 is 11.7 Å². The van der Waals surface area contributed by atoms with Crippen LogP contribution in [0, 0.1) is 0 Å². The van der Waals surface area contributed by atoms with E-state index in [-0.39, 0.29) is 19.6 Å². The number of carbonyl (C=O) groups is 1. The third-order valence-corrected chi connectivity index (χ3v) is 4.92. The Bertz CT molecular complexity index is 896. The van der Waals surface area contributed by atoms with Crippen molar-refractivity contribution in [3.8, 4) is 0 Å². The first-order valence-electron chi connectivity index (χ1n) is 9.33. The number of anilines is 1. The van der Waals surface area contributed by atoms with Crippen molar-refractivity contribution in [1.82, 2.24) is 0 Å². The summed E-state index contributed by atoms with van der Waals surface area (Å²) in [5.41, 5.74) is -1.33. The summed E-state index contributed by atoms with van der Waals surface area (Å²) >= 11 is 0. The van der Waals surface area contributed by atoms with Gasteiger partial charge in [-0.2, -0.15) is 13.2 Å². The van der Waals surface area contributed by atoms with Gasteiger partial charge >= 0.3 is 12.1 Å². The van der Waals surface area contributed by atoms with Gasteiger partial charge in [0.25, 0.3) is 5.60 Å². The molecule has 3 rings (SSSR count). The molecule has 0 aromatic heterocycles. The zero-order valence-electron chi connectivity index (χ0n) is 15.9. The predicted molar refractivity (Wildman–Crippen MR) is 103 cm³/mol. The molecular formula is C22H22F3NO3. The lowest BCUT2D eigenvalue weighted by Gasteiger charge is -2.28. The van der Waals surface area contributed by atoms with E-state index in [4.69, 9.17) is 0 Å². The Balaban J connectivity index is 1.94. The highest BCUT2D eigenvalue weighted by atomic mass is 19.4. The van der Waals surface area contributed by atoms with Crippen LogP contribution in [0.15, 0.2) is 66.4 Å². The third-order valence-electron chi connectivity index (χ3n) is 4.92. The molecule has 1 atom stereocenters. The highest BCUT2D eigenvalue weighted by Crippen LogP contribution is 2.42. The molecule has 0 amide bonds. The zero-order chi connectivity index (χ0) is 21.1. The Morgan fingerprint density at radius 1 is 1.10 bits per heavy atom. The number of rotatable bonds is 6. The summed E-state index contributed by atoms with van der Waals surface area (Å²) in [6.45, 7) is 1.36. The molecule has 0 fully saturated rings. The Labute approximate surface area is 167 Å². The van der Waals surface area contributed by atoms with Gasteiger partial charge in [-0.25, -0.2) is 4.79 Å². The summed E-state index contributed by atoms with van der Waals surface area (Å²) in [6, 6.07) is 17.1. The molecule has 2 aromatic carbocycles. The van der Waals surface area contributed by atoms with E-state index in [0.29, 0.717) is 6.42 Å². The van der Waals surface area contributed by atoms with E-state index in [0.717, 1.165) is 16.8 Å². The monoisotopic (exact) mass is 405 g/mol. The molecule has 154 valence electrons. The average molecular weight is 405 g/mol. The lowest BCUT2D eigenvalue weighted by atomic mass is 9.92. The number of carbonyl (C=O) groups excluding carboxylic acids is 1. The Hall–Kier alpha value is -2.80. The van der Waals surface area contributed by atoms with Gasteiger partial charge in [0.15, 0.2) is 0 Å². The number of nitrogens with zero attached hydrogens (tertiary/aromatic N) is 1. The van der Waals surface area contributed by atoms with Crippen LogP contribution in [-0.2, 0) is 16.0 Å². The molecule has 0 aliphatic carbocycles.